The molecule has 0 saturated carbocycles. The zero-order valence-electron chi connectivity index (χ0n) is 17.7. The highest BCUT2D eigenvalue weighted by atomic mass is 35.5. The molecule has 9 heteroatoms. The molecule has 0 atom stereocenters. The van der Waals surface area contributed by atoms with Crippen LogP contribution in [0.4, 0.5) is 5.69 Å². The average molecular weight is 544 g/mol. The maximum absolute atomic E-state index is 12.5. The summed E-state index contributed by atoms with van der Waals surface area (Å²) in [5.74, 6) is 0.990. The van der Waals surface area contributed by atoms with Crippen LogP contribution in [-0.4, -0.2) is 10.9 Å². The third-order valence-electron chi connectivity index (χ3n) is 5.06. The number of rotatable bonds is 5. The molecule has 0 saturated heterocycles. The Labute approximate surface area is 219 Å². The molecule has 0 aliphatic heterocycles. The number of carbonyl (C=O) groups is 1. The Kier molecular flexibility index (Phi) is 6.58. The first-order chi connectivity index (χ1) is 16.9. The second-order valence-electron chi connectivity index (χ2n) is 7.45. The predicted octanol–water partition coefficient (Wildman–Crippen LogP) is 9.02. The van der Waals surface area contributed by atoms with Crippen molar-refractivity contribution < 1.29 is 13.6 Å². The van der Waals surface area contributed by atoms with Crippen LogP contribution in [0, 0.1) is 0 Å². The van der Waals surface area contributed by atoms with Crippen molar-refractivity contribution in [3.05, 3.63) is 98.7 Å². The van der Waals surface area contributed by atoms with Crippen molar-refractivity contribution in [1.29, 1.82) is 0 Å². The van der Waals surface area contributed by atoms with Gasteiger partial charge in [0.25, 0.3) is 0 Å². The first-order valence-electron chi connectivity index (χ1n) is 10.3. The number of amides is 1. The topological polar surface area (TPSA) is 68.3 Å². The lowest BCUT2D eigenvalue weighted by molar-refractivity contribution is -0.111. The number of hydrogen-bond acceptors (Lipinski definition) is 4. The predicted molar refractivity (Wildman–Crippen MR) is 141 cm³/mol. The van der Waals surface area contributed by atoms with Gasteiger partial charge in [0.2, 0.25) is 11.8 Å². The summed E-state index contributed by atoms with van der Waals surface area (Å²) in [6.07, 6.45) is 2.88. The molecule has 0 bridgehead atoms. The molecule has 5 rings (SSSR count). The van der Waals surface area contributed by atoms with E-state index in [1.165, 1.54) is 6.08 Å². The third kappa shape index (κ3) is 5.09. The Morgan fingerprint density at radius 1 is 0.886 bits per heavy atom. The molecule has 0 unspecified atom stereocenters. The van der Waals surface area contributed by atoms with E-state index < -0.39 is 5.91 Å². The molecular weight excluding hydrogens is 530 g/mol. The number of nitrogens with one attached hydrogen (secondary N) is 1. The SMILES string of the molecule is O=C(C=Cc1ccc(-c2cccc(Cl)c2Cl)o1)Nc1cc(-c2nc3cc(Cl)ccc3o2)ccc1Cl. The van der Waals surface area contributed by atoms with Crippen LogP contribution in [0.3, 0.4) is 0 Å². The molecule has 0 aliphatic carbocycles. The van der Waals surface area contributed by atoms with Crippen LogP contribution < -0.4 is 5.32 Å². The summed E-state index contributed by atoms with van der Waals surface area (Å²) in [6.45, 7) is 0. The standard InChI is InChI=1S/C26H14Cl4N2O3/c27-15-5-9-23-21(13-15)32-26(35-23)14-4-8-18(28)20(12-14)31-24(33)11-7-16-6-10-22(34-16)17-2-1-3-19(29)25(17)30/h1-13H,(H,31,33). The monoisotopic (exact) mass is 542 g/mol. The maximum atomic E-state index is 12.5. The van der Waals surface area contributed by atoms with Gasteiger partial charge < -0.3 is 14.2 Å². The van der Waals surface area contributed by atoms with Gasteiger partial charge in [-0.25, -0.2) is 4.98 Å². The number of carbonyl (C=O) groups excluding carboxylic acids is 1. The smallest absolute Gasteiger partial charge is 0.248 e. The highest BCUT2D eigenvalue weighted by Gasteiger charge is 2.13. The molecule has 174 valence electrons. The fourth-order valence-electron chi connectivity index (χ4n) is 3.39. The first kappa shape index (κ1) is 23.5. The van der Waals surface area contributed by atoms with Gasteiger partial charge in [-0.15, -0.1) is 0 Å². The van der Waals surface area contributed by atoms with Crippen LogP contribution in [0.5, 0.6) is 0 Å². The van der Waals surface area contributed by atoms with Crippen molar-refractivity contribution in [1.82, 2.24) is 4.98 Å². The van der Waals surface area contributed by atoms with Crippen molar-refractivity contribution in [2.75, 3.05) is 5.32 Å². The van der Waals surface area contributed by atoms with Gasteiger partial charge in [0.15, 0.2) is 5.58 Å². The Morgan fingerprint density at radius 2 is 1.74 bits per heavy atom. The van der Waals surface area contributed by atoms with E-state index in [1.54, 1.807) is 72.8 Å². The van der Waals surface area contributed by atoms with Crippen molar-refractivity contribution in [2.45, 2.75) is 0 Å². The van der Waals surface area contributed by atoms with E-state index in [1.807, 2.05) is 0 Å². The number of anilines is 1. The summed E-state index contributed by atoms with van der Waals surface area (Å²) >= 11 is 24.6. The summed E-state index contributed by atoms with van der Waals surface area (Å²) in [6, 6.07) is 19.0. The zero-order valence-corrected chi connectivity index (χ0v) is 20.7. The second kappa shape index (κ2) is 9.80. The third-order valence-corrected chi connectivity index (χ3v) is 6.45. The number of oxazole rings is 1. The van der Waals surface area contributed by atoms with Crippen molar-refractivity contribution in [2.24, 2.45) is 0 Å². The lowest BCUT2D eigenvalue weighted by Gasteiger charge is -2.06. The number of aromatic nitrogens is 1. The van der Waals surface area contributed by atoms with Gasteiger partial charge in [0.1, 0.15) is 17.0 Å². The van der Waals surface area contributed by atoms with Crippen molar-refractivity contribution in [3.63, 3.8) is 0 Å². The molecule has 35 heavy (non-hydrogen) atoms. The van der Waals surface area contributed by atoms with Crippen LogP contribution >= 0.6 is 46.4 Å². The van der Waals surface area contributed by atoms with Gasteiger partial charge in [-0.1, -0.05) is 52.5 Å². The largest absolute Gasteiger partial charge is 0.457 e. The number of hydrogen-bond donors (Lipinski definition) is 1. The Balaban J connectivity index is 1.33. The zero-order chi connectivity index (χ0) is 24.5. The number of fused-ring (bicyclic) bond motifs is 1. The minimum Gasteiger partial charge on any atom is -0.457 e. The Bertz CT molecular complexity index is 1600. The van der Waals surface area contributed by atoms with Crippen molar-refractivity contribution in [3.8, 4) is 22.8 Å². The number of halogens is 4. The van der Waals surface area contributed by atoms with Crippen LogP contribution in [-0.2, 0) is 4.79 Å². The number of nitrogens with zero attached hydrogens (tertiary/aromatic N) is 1. The summed E-state index contributed by atoms with van der Waals surface area (Å²) in [7, 11) is 0. The van der Waals surface area contributed by atoms with Gasteiger partial charge in [0, 0.05) is 22.2 Å². The lowest BCUT2D eigenvalue weighted by atomic mass is 10.2. The minimum atomic E-state index is -0.396. The summed E-state index contributed by atoms with van der Waals surface area (Å²) in [5, 5.41) is 4.51. The fraction of sp³-hybridized carbons (Fsp3) is 0. The molecule has 3 aromatic carbocycles. The summed E-state index contributed by atoms with van der Waals surface area (Å²) in [5.41, 5.74) is 2.95. The molecule has 5 aromatic rings. The van der Waals surface area contributed by atoms with E-state index >= 15 is 0 Å². The molecule has 2 heterocycles. The molecule has 0 radical (unpaired) electrons. The summed E-state index contributed by atoms with van der Waals surface area (Å²) < 4.78 is 11.6. The molecule has 1 amide bonds. The van der Waals surface area contributed by atoms with Crippen molar-refractivity contribution >= 4 is 75.2 Å². The summed E-state index contributed by atoms with van der Waals surface area (Å²) in [4.78, 5) is 17.0. The maximum Gasteiger partial charge on any atom is 0.248 e. The van der Waals surface area contributed by atoms with Gasteiger partial charge in [-0.05, 0) is 66.7 Å². The van der Waals surface area contributed by atoms with E-state index in [2.05, 4.69) is 10.3 Å². The van der Waals surface area contributed by atoms with E-state index in [-0.39, 0.29) is 0 Å². The minimum absolute atomic E-state index is 0.366. The highest BCUT2D eigenvalue weighted by Crippen LogP contribution is 2.35. The van der Waals surface area contributed by atoms with Crippen LogP contribution in [0.2, 0.25) is 20.1 Å². The molecule has 0 aliphatic rings. The van der Waals surface area contributed by atoms with Gasteiger partial charge in [-0.3, -0.25) is 4.79 Å². The van der Waals surface area contributed by atoms with E-state index in [0.717, 1.165) is 0 Å². The van der Waals surface area contributed by atoms with Crippen LogP contribution in [0.15, 0.2) is 81.6 Å². The van der Waals surface area contributed by atoms with Crippen LogP contribution in [0.25, 0.3) is 40.0 Å². The highest BCUT2D eigenvalue weighted by molar-refractivity contribution is 6.43. The quantitative estimate of drug-likeness (QED) is 0.224. The number of benzene rings is 3. The van der Waals surface area contributed by atoms with Crippen LogP contribution in [0.1, 0.15) is 5.76 Å². The molecule has 0 fully saturated rings. The normalized spacial score (nSPS) is 11.4. The molecule has 5 nitrogen and oxygen atoms in total. The van der Waals surface area contributed by atoms with Gasteiger partial charge >= 0.3 is 0 Å². The second-order valence-corrected chi connectivity index (χ2v) is 9.08. The Morgan fingerprint density at radius 3 is 2.60 bits per heavy atom. The van der Waals surface area contributed by atoms with E-state index in [4.69, 9.17) is 55.2 Å². The lowest BCUT2D eigenvalue weighted by Crippen LogP contribution is -2.08. The fourth-order valence-corrected chi connectivity index (χ4v) is 4.12. The van der Waals surface area contributed by atoms with Gasteiger partial charge in [-0.2, -0.15) is 0 Å². The molecule has 1 N–H and O–H groups in total. The van der Waals surface area contributed by atoms with E-state index in [9.17, 15) is 4.79 Å². The van der Waals surface area contributed by atoms with E-state index in [0.29, 0.717) is 65.4 Å². The Hall–Kier alpha value is -3.22. The van der Waals surface area contributed by atoms with Gasteiger partial charge in [0.05, 0.1) is 20.8 Å². The number of furan rings is 1. The molecular formula is C26H14Cl4N2O3. The average Bonchev–Trinajstić information content (AvgIpc) is 3.48. The first-order valence-corrected chi connectivity index (χ1v) is 11.8. The molecule has 0 spiro atoms. The molecule has 2 aromatic heterocycles.